The summed E-state index contributed by atoms with van der Waals surface area (Å²) in [6, 6.07) is 16.2. The van der Waals surface area contributed by atoms with E-state index in [0.717, 1.165) is 5.56 Å². The highest BCUT2D eigenvalue weighted by molar-refractivity contribution is 6.07. The van der Waals surface area contributed by atoms with Crippen LogP contribution < -0.4 is 16.0 Å². The number of alkyl carbamates (subject to hydrolysis) is 1. The van der Waals surface area contributed by atoms with Crippen molar-refractivity contribution in [3.8, 4) is 0 Å². The summed E-state index contributed by atoms with van der Waals surface area (Å²) in [6.07, 6.45) is -0.749. The van der Waals surface area contributed by atoms with Crippen LogP contribution in [0.1, 0.15) is 5.56 Å². The number of hydrogen-bond acceptors (Lipinski definition) is 4. The number of para-hydroxylation sites is 1. The van der Waals surface area contributed by atoms with E-state index >= 15 is 0 Å². The minimum absolute atomic E-state index is 0.0852. The lowest BCUT2D eigenvalue weighted by atomic mass is 9.98. The average molecular weight is 339 g/mol. The van der Waals surface area contributed by atoms with Crippen molar-refractivity contribution in [1.29, 1.82) is 0 Å². The van der Waals surface area contributed by atoms with Crippen LogP contribution in [0.2, 0.25) is 0 Å². The Morgan fingerprint density at radius 2 is 1.64 bits per heavy atom. The monoisotopic (exact) mass is 339 g/mol. The zero-order chi connectivity index (χ0) is 17.6. The Morgan fingerprint density at radius 1 is 1.00 bits per heavy atom. The Morgan fingerprint density at radius 3 is 2.28 bits per heavy atom. The van der Waals surface area contributed by atoms with E-state index in [2.05, 4.69) is 16.0 Å². The lowest BCUT2D eigenvalue weighted by molar-refractivity contribution is -0.138. The molecule has 0 aliphatic carbocycles. The summed E-state index contributed by atoms with van der Waals surface area (Å²) >= 11 is 0. The number of nitrogens with one attached hydrogen (secondary N) is 3. The topological polar surface area (TPSA) is 96.5 Å². The molecule has 1 heterocycles. The summed E-state index contributed by atoms with van der Waals surface area (Å²) in [6.45, 7) is 0.0852. The van der Waals surface area contributed by atoms with E-state index in [4.69, 9.17) is 4.74 Å². The van der Waals surface area contributed by atoms with Gasteiger partial charge in [-0.1, -0.05) is 48.5 Å². The van der Waals surface area contributed by atoms with Crippen LogP contribution in [0, 0.1) is 0 Å². The van der Waals surface area contributed by atoms with Crippen LogP contribution in [0.15, 0.2) is 60.7 Å². The molecule has 7 nitrogen and oxygen atoms in total. The van der Waals surface area contributed by atoms with Gasteiger partial charge in [0, 0.05) is 5.69 Å². The van der Waals surface area contributed by atoms with Crippen molar-refractivity contribution < 1.29 is 19.1 Å². The van der Waals surface area contributed by atoms with Gasteiger partial charge in [-0.25, -0.2) is 4.79 Å². The molecular formula is C18H17N3O4. The van der Waals surface area contributed by atoms with Crippen molar-refractivity contribution >= 4 is 23.6 Å². The molecule has 1 aliphatic heterocycles. The van der Waals surface area contributed by atoms with Crippen molar-refractivity contribution in [3.63, 3.8) is 0 Å². The van der Waals surface area contributed by atoms with Gasteiger partial charge in [0.2, 0.25) is 11.8 Å². The van der Waals surface area contributed by atoms with Gasteiger partial charge in [-0.05, 0) is 17.7 Å². The lowest BCUT2D eigenvalue weighted by Crippen LogP contribution is -2.72. The van der Waals surface area contributed by atoms with Gasteiger partial charge in [-0.2, -0.15) is 0 Å². The maximum absolute atomic E-state index is 12.2. The van der Waals surface area contributed by atoms with Gasteiger partial charge in [0.05, 0.1) is 0 Å². The molecule has 1 saturated heterocycles. The number of rotatable bonds is 5. The first-order valence-corrected chi connectivity index (χ1v) is 7.77. The average Bonchev–Trinajstić information content (AvgIpc) is 2.64. The Kier molecular flexibility index (Phi) is 4.94. The third-order valence-corrected chi connectivity index (χ3v) is 3.72. The van der Waals surface area contributed by atoms with Gasteiger partial charge in [0.15, 0.2) is 0 Å². The predicted octanol–water partition coefficient (Wildman–Crippen LogP) is 1.42. The number of carbonyl (C=O) groups is 3. The summed E-state index contributed by atoms with van der Waals surface area (Å²) < 4.78 is 5.07. The second kappa shape index (κ2) is 7.48. The van der Waals surface area contributed by atoms with E-state index in [-0.39, 0.29) is 6.61 Å². The highest BCUT2D eigenvalue weighted by Crippen LogP contribution is 2.12. The molecule has 7 heteroatoms. The van der Waals surface area contributed by atoms with Crippen LogP contribution in [-0.4, -0.2) is 30.0 Å². The predicted molar refractivity (Wildman–Crippen MR) is 90.6 cm³/mol. The quantitative estimate of drug-likeness (QED) is 0.718. The van der Waals surface area contributed by atoms with Crippen LogP contribution in [0.3, 0.4) is 0 Å². The molecule has 0 radical (unpaired) electrons. The second-order valence-electron chi connectivity index (χ2n) is 5.53. The van der Waals surface area contributed by atoms with Crippen LogP contribution >= 0.6 is 0 Å². The fourth-order valence-electron chi connectivity index (χ4n) is 2.38. The number of ether oxygens (including phenoxy) is 1. The summed E-state index contributed by atoms with van der Waals surface area (Å²) in [5.74, 6) is -0.830. The smallest absolute Gasteiger partial charge is 0.408 e. The molecule has 0 bridgehead atoms. The zero-order valence-electron chi connectivity index (χ0n) is 13.3. The molecule has 1 fully saturated rings. The normalized spacial score (nSPS) is 18.5. The van der Waals surface area contributed by atoms with Crippen molar-refractivity contribution in [2.24, 2.45) is 0 Å². The molecule has 0 saturated carbocycles. The SMILES string of the molecule is O=C(N[C@H]1C(=O)N[C@H]1C(=O)Nc1ccccc1)OCc1ccccc1. The third-order valence-electron chi connectivity index (χ3n) is 3.72. The molecule has 0 spiro atoms. The third kappa shape index (κ3) is 4.14. The van der Waals surface area contributed by atoms with Crippen molar-refractivity contribution in [3.05, 3.63) is 66.2 Å². The van der Waals surface area contributed by atoms with Gasteiger partial charge < -0.3 is 20.7 Å². The molecular weight excluding hydrogens is 322 g/mol. The zero-order valence-corrected chi connectivity index (χ0v) is 13.3. The minimum atomic E-state index is -0.952. The van der Waals surface area contributed by atoms with Crippen molar-refractivity contribution in [2.45, 2.75) is 18.7 Å². The van der Waals surface area contributed by atoms with Gasteiger partial charge >= 0.3 is 6.09 Å². The summed E-state index contributed by atoms with van der Waals surface area (Å²) in [4.78, 5) is 35.7. The Labute approximate surface area is 144 Å². The first kappa shape index (κ1) is 16.5. The van der Waals surface area contributed by atoms with Gasteiger partial charge in [-0.15, -0.1) is 0 Å². The van der Waals surface area contributed by atoms with Gasteiger partial charge in [0.25, 0.3) is 0 Å². The number of carbonyl (C=O) groups excluding carboxylic acids is 3. The molecule has 1 aliphatic rings. The molecule has 3 rings (SSSR count). The summed E-state index contributed by atoms with van der Waals surface area (Å²) in [7, 11) is 0. The molecule has 0 aromatic heterocycles. The van der Waals surface area contributed by atoms with E-state index in [0.29, 0.717) is 5.69 Å². The van der Waals surface area contributed by atoms with Crippen molar-refractivity contribution in [2.75, 3.05) is 5.32 Å². The van der Waals surface area contributed by atoms with E-state index in [1.807, 2.05) is 36.4 Å². The van der Waals surface area contributed by atoms with Crippen LogP contribution in [0.5, 0.6) is 0 Å². The lowest BCUT2D eigenvalue weighted by Gasteiger charge is -2.35. The Bertz CT molecular complexity index is 764. The molecule has 3 N–H and O–H groups in total. The molecule has 3 amide bonds. The summed E-state index contributed by atoms with van der Waals surface area (Å²) in [5, 5.41) is 7.57. The molecule has 128 valence electrons. The molecule has 2 atom stereocenters. The first-order valence-electron chi connectivity index (χ1n) is 7.77. The number of benzene rings is 2. The standard InChI is InChI=1S/C18H17N3O4/c22-16(19-13-9-5-2-6-10-13)14-15(17(23)20-14)21-18(24)25-11-12-7-3-1-4-8-12/h1-10,14-15H,11H2,(H,19,22)(H,20,23)(H,21,24)/t14-,15-/m1/s1. The number of β-lactam (4-membered cyclic amide) rings is 1. The number of anilines is 1. The Hall–Kier alpha value is -3.35. The minimum Gasteiger partial charge on any atom is -0.445 e. The molecule has 25 heavy (non-hydrogen) atoms. The summed E-state index contributed by atoms with van der Waals surface area (Å²) in [5.41, 5.74) is 1.44. The molecule has 2 aromatic rings. The van der Waals surface area contributed by atoms with Gasteiger partial charge in [-0.3, -0.25) is 9.59 Å². The Balaban J connectivity index is 1.51. The van der Waals surface area contributed by atoms with E-state index in [1.54, 1.807) is 24.3 Å². The van der Waals surface area contributed by atoms with Crippen molar-refractivity contribution in [1.82, 2.24) is 10.6 Å². The molecule has 2 aromatic carbocycles. The first-order chi connectivity index (χ1) is 12.1. The maximum Gasteiger partial charge on any atom is 0.408 e. The number of amides is 3. The number of hydrogen-bond donors (Lipinski definition) is 3. The highest BCUT2D eigenvalue weighted by Gasteiger charge is 2.45. The van der Waals surface area contributed by atoms with E-state index < -0.39 is 30.0 Å². The van der Waals surface area contributed by atoms with Crippen LogP contribution in [-0.2, 0) is 20.9 Å². The van der Waals surface area contributed by atoms with E-state index in [9.17, 15) is 14.4 Å². The highest BCUT2D eigenvalue weighted by atomic mass is 16.5. The van der Waals surface area contributed by atoms with Gasteiger partial charge in [0.1, 0.15) is 18.7 Å². The van der Waals surface area contributed by atoms with Crippen LogP contribution in [0.25, 0.3) is 0 Å². The fourth-order valence-corrected chi connectivity index (χ4v) is 2.38. The largest absolute Gasteiger partial charge is 0.445 e. The molecule has 0 unspecified atom stereocenters. The van der Waals surface area contributed by atoms with E-state index in [1.165, 1.54) is 0 Å². The van der Waals surface area contributed by atoms with Crippen LogP contribution in [0.4, 0.5) is 10.5 Å². The maximum atomic E-state index is 12.2. The second-order valence-corrected chi connectivity index (χ2v) is 5.53. The fraction of sp³-hybridized carbons (Fsp3) is 0.167.